The zero-order valence-corrected chi connectivity index (χ0v) is 13.8. The highest BCUT2D eigenvalue weighted by Gasteiger charge is 2.32. The van der Waals surface area contributed by atoms with Gasteiger partial charge in [-0.15, -0.1) is 0 Å². The molecule has 0 saturated carbocycles. The van der Waals surface area contributed by atoms with Crippen LogP contribution >= 0.6 is 0 Å². The molecule has 1 aromatic carbocycles. The number of aryl methyl sites for hydroxylation is 2. The quantitative estimate of drug-likeness (QED) is 0.747. The molecule has 1 rings (SSSR count). The molecule has 1 N–H and O–H groups in total. The Kier molecular flexibility index (Phi) is 6.21. The molecule has 0 radical (unpaired) electrons. The predicted octanol–water partition coefficient (Wildman–Crippen LogP) is 3.26. The summed E-state index contributed by atoms with van der Waals surface area (Å²) < 4.78 is 5.74. The molecule has 21 heavy (non-hydrogen) atoms. The summed E-state index contributed by atoms with van der Waals surface area (Å²) in [6, 6.07) is 6.06. The van der Waals surface area contributed by atoms with Crippen molar-refractivity contribution in [3.63, 3.8) is 0 Å². The molecule has 4 nitrogen and oxygen atoms in total. The van der Waals surface area contributed by atoms with Crippen molar-refractivity contribution in [3.8, 4) is 5.75 Å². The summed E-state index contributed by atoms with van der Waals surface area (Å²) in [5, 5.41) is 9.26. The molecule has 118 valence electrons. The van der Waals surface area contributed by atoms with Crippen LogP contribution < -0.4 is 4.74 Å². The fraction of sp³-hybridized carbons (Fsp3) is 0.588. The molecule has 0 amide bonds. The Balaban J connectivity index is 2.45. The van der Waals surface area contributed by atoms with Gasteiger partial charge in [-0.1, -0.05) is 13.0 Å². The first kappa shape index (κ1) is 17.5. The van der Waals surface area contributed by atoms with Crippen LogP contribution in [0, 0.1) is 13.8 Å². The van der Waals surface area contributed by atoms with Gasteiger partial charge in [0.2, 0.25) is 0 Å². The first-order chi connectivity index (χ1) is 9.78. The fourth-order valence-electron chi connectivity index (χ4n) is 2.22. The van der Waals surface area contributed by atoms with E-state index in [9.17, 15) is 9.90 Å². The first-order valence-corrected chi connectivity index (χ1v) is 7.47. The number of carboxylic acids is 1. The van der Waals surface area contributed by atoms with Gasteiger partial charge in [0.1, 0.15) is 11.3 Å². The highest BCUT2D eigenvalue weighted by molar-refractivity contribution is 5.77. The minimum absolute atomic E-state index is 0.592. The smallest absolute Gasteiger partial charge is 0.323 e. The van der Waals surface area contributed by atoms with Crippen molar-refractivity contribution in [2.45, 2.75) is 46.6 Å². The van der Waals surface area contributed by atoms with Crippen LogP contribution in [0.2, 0.25) is 0 Å². The molecule has 4 heteroatoms. The Morgan fingerprint density at radius 1 is 1.29 bits per heavy atom. The maximum absolute atomic E-state index is 11.3. The molecule has 0 atom stereocenters. The minimum atomic E-state index is -0.838. The molecule has 0 aliphatic rings. The highest BCUT2D eigenvalue weighted by Crippen LogP contribution is 2.17. The van der Waals surface area contributed by atoms with Gasteiger partial charge in [0.15, 0.2) is 0 Å². The normalized spacial score (nSPS) is 11.7. The first-order valence-electron chi connectivity index (χ1n) is 7.47. The summed E-state index contributed by atoms with van der Waals surface area (Å²) >= 11 is 0. The van der Waals surface area contributed by atoms with Crippen molar-refractivity contribution >= 4 is 5.97 Å². The van der Waals surface area contributed by atoms with E-state index in [2.05, 4.69) is 19.9 Å². The summed E-state index contributed by atoms with van der Waals surface area (Å²) in [5.41, 5.74) is 1.63. The summed E-state index contributed by atoms with van der Waals surface area (Å²) in [6.07, 6.45) is 0.803. The van der Waals surface area contributed by atoms with E-state index < -0.39 is 11.5 Å². The lowest BCUT2D eigenvalue weighted by atomic mass is 10.0. The largest absolute Gasteiger partial charge is 0.494 e. The molecule has 0 aromatic heterocycles. The number of hydrogen-bond donors (Lipinski definition) is 1. The van der Waals surface area contributed by atoms with Crippen LogP contribution in [0.25, 0.3) is 0 Å². The molecule has 1 aromatic rings. The van der Waals surface area contributed by atoms with Crippen LogP contribution in [0.1, 0.15) is 38.3 Å². The molecule has 0 heterocycles. The van der Waals surface area contributed by atoms with Gasteiger partial charge in [-0.25, -0.2) is 0 Å². The number of ether oxygens (including phenoxy) is 1. The number of carbonyl (C=O) groups is 1. The van der Waals surface area contributed by atoms with Gasteiger partial charge in [-0.05, 0) is 63.9 Å². The van der Waals surface area contributed by atoms with Gasteiger partial charge in [0, 0.05) is 6.54 Å². The lowest BCUT2D eigenvalue weighted by Gasteiger charge is -2.34. The molecule has 0 bridgehead atoms. The van der Waals surface area contributed by atoms with Crippen LogP contribution in [0.5, 0.6) is 5.75 Å². The van der Waals surface area contributed by atoms with Gasteiger partial charge in [0.05, 0.1) is 6.61 Å². The average Bonchev–Trinajstić information content (AvgIpc) is 2.42. The Bertz CT molecular complexity index is 483. The molecular weight excluding hydrogens is 266 g/mol. The molecule has 0 fully saturated rings. The number of hydrogen-bond acceptors (Lipinski definition) is 3. The Hall–Kier alpha value is -1.55. The lowest BCUT2D eigenvalue weighted by molar-refractivity contribution is -0.149. The molecule has 0 unspecified atom stereocenters. The molecule has 0 aliphatic carbocycles. The molecule has 0 saturated heterocycles. The van der Waals surface area contributed by atoms with Gasteiger partial charge in [-0.3, -0.25) is 9.69 Å². The van der Waals surface area contributed by atoms with Crippen molar-refractivity contribution < 1.29 is 14.6 Å². The van der Waals surface area contributed by atoms with E-state index >= 15 is 0 Å². The second-order valence-electron chi connectivity index (χ2n) is 5.89. The summed E-state index contributed by atoms with van der Waals surface area (Å²) in [4.78, 5) is 13.2. The third-order valence-electron chi connectivity index (χ3n) is 4.02. The third kappa shape index (κ3) is 4.74. The number of benzene rings is 1. The van der Waals surface area contributed by atoms with E-state index in [1.165, 1.54) is 11.1 Å². The molecular formula is C17H27NO3. The second kappa shape index (κ2) is 7.46. The van der Waals surface area contributed by atoms with Gasteiger partial charge >= 0.3 is 5.97 Å². The van der Waals surface area contributed by atoms with Crippen molar-refractivity contribution in [1.29, 1.82) is 0 Å². The number of carboxylic acid groups (broad SMARTS) is 1. The molecule has 0 aliphatic heterocycles. The highest BCUT2D eigenvalue weighted by atomic mass is 16.5. The van der Waals surface area contributed by atoms with Crippen LogP contribution in [0.3, 0.4) is 0 Å². The van der Waals surface area contributed by atoms with Gasteiger partial charge in [0.25, 0.3) is 0 Å². The van der Waals surface area contributed by atoms with Crippen molar-refractivity contribution in [2.75, 3.05) is 19.7 Å². The maximum Gasteiger partial charge on any atom is 0.323 e. The number of rotatable bonds is 8. The predicted molar refractivity (Wildman–Crippen MR) is 85.0 cm³/mol. The van der Waals surface area contributed by atoms with Crippen LogP contribution in [0.15, 0.2) is 18.2 Å². The Labute approximate surface area is 127 Å². The van der Waals surface area contributed by atoms with Crippen LogP contribution in [-0.2, 0) is 4.79 Å². The maximum atomic E-state index is 11.3. The standard InChI is InChI=1S/C17H27NO3/c1-6-18(17(4,5)16(19)20)10-7-11-21-15-9-8-13(2)14(3)12-15/h8-9,12H,6-7,10-11H2,1-5H3,(H,19,20). The zero-order valence-electron chi connectivity index (χ0n) is 13.8. The topological polar surface area (TPSA) is 49.8 Å². The minimum Gasteiger partial charge on any atom is -0.494 e. The second-order valence-corrected chi connectivity index (χ2v) is 5.89. The van der Waals surface area contributed by atoms with E-state index in [1.807, 2.05) is 24.0 Å². The summed E-state index contributed by atoms with van der Waals surface area (Å²) in [7, 11) is 0. The number of nitrogens with zero attached hydrogens (tertiary/aromatic N) is 1. The Morgan fingerprint density at radius 2 is 1.95 bits per heavy atom. The third-order valence-corrected chi connectivity index (χ3v) is 4.02. The summed E-state index contributed by atoms with van der Waals surface area (Å²) in [6.45, 7) is 11.6. The van der Waals surface area contributed by atoms with E-state index in [1.54, 1.807) is 13.8 Å². The van der Waals surface area contributed by atoms with Crippen molar-refractivity contribution in [3.05, 3.63) is 29.3 Å². The van der Waals surface area contributed by atoms with Gasteiger partial charge in [-0.2, -0.15) is 0 Å². The monoisotopic (exact) mass is 293 g/mol. The number of likely N-dealkylation sites (N-methyl/N-ethyl adjacent to an activating group) is 1. The van der Waals surface area contributed by atoms with Crippen molar-refractivity contribution in [1.82, 2.24) is 4.90 Å². The average molecular weight is 293 g/mol. The van der Waals surface area contributed by atoms with E-state index in [-0.39, 0.29) is 0 Å². The van der Waals surface area contributed by atoms with E-state index in [0.29, 0.717) is 19.7 Å². The fourth-order valence-corrected chi connectivity index (χ4v) is 2.22. The van der Waals surface area contributed by atoms with E-state index in [0.717, 1.165) is 12.2 Å². The zero-order chi connectivity index (χ0) is 16.0. The Morgan fingerprint density at radius 3 is 2.48 bits per heavy atom. The van der Waals surface area contributed by atoms with E-state index in [4.69, 9.17) is 4.74 Å². The SMILES string of the molecule is CCN(CCCOc1ccc(C)c(C)c1)C(C)(C)C(=O)O. The molecule has 0 spiro atoms. The lowest BCUT2D eigenvalue weighted by Crippen LogP contribution is -2.50. The van der Waals surface area contributed by atoms with Crippen LogP contribution in [0.4, 0.5) is 0 Å². The van der Waals surface area contributed by atoms with Crippen LogP contribution in [-0.4, -0.2) is 41.2 Å². The van der Waals surface area contributed by atoms with Crippen molar-refractivity contribution in [2.24, 2.45) is 0 Å². The van der Waals surface area contributed by atoms with Gasteiger partial charge < -0.3 is 9.84 Å². The number of aliphatic carboxylic acids is 1. The summed E-state index contributed by atoms with van der Waals surface area (Å²) in [5.74, 6) is 0.0815.